The number of hydrogen-bond donors (Lipinski definition) is 2. The van der Waals surface area contributed by atoms with Crippen LogP contribution in [0, 0.1) is 0 Å². The monoisotopic (exact) mass is 276 g/mol. The number of aromatic nitrogens is 2. The van der Waals surface area contributed by atoms with Gasteiger partial charge in [-0.3, -0.25) is 4.68 Å². The summed E-state index contributed by atoms with van der Waals surface area (Å²) in [5, 5.41) is 13.8. The molecule has 5 nitrogen and oxygen atoms in total. The molecular weight excluding hydrogens is 260 g/mol. The van der Waals surface area contributed by atoms with Gasteiger partial charge in [0.2, 0.25) is 0 Å². The molecule has 1 unspecified atom stereocenters. The quantitative estimate of drug-likeness (QED) is 0.824. The molecule has 0 spiro atoms. The van der Waals surface area contributed by atoms with Gasteiger partial charge in [0.1, 0.15) is 0 Å². The molecule has 0 radical (unpaired) electrons. The lowest BCUT2D eigenvalue weighted by atomic mass is 10.3. The van der Waals surface area contributed by atoms with E-state index >= 15 is 0 Å². The Hall–Kier alpha value is -0.590. The van der Waals surface area contributed by atoms with Crippen molar-refractivity contribution in [2.75, 3.05) is 25.9 Å². The fraction of sp³-hybridized carbons (Fsp3) is 0.667. The van der Waals surface area contributed by atoms with E-state index in [0.717, 1.165) is 11.0 Å². The summed E-state index contributed by atoms with van der Waals surface area (Å²) < 4.78 is 2.41. The van der Waals surface area contributed by atoms with Crippen molar-refractivity contribution in [3.05, 3.63) is 10.7 Å². The lowest BCUT2D eigenvalue weighted by Gasteiger charge is -2.18. The molecule has 86 valence electrons. The van der Waals surface area contributed by atoms with Gasteiger partial charge in [0.25, 0.3) is 0 Å². The highest BCUT2D eigenvalue weighted by atomic mass is 79.9. The molecule has 6 heteroatoms. The van der Waals surface area contributed by atoms with Gasteiger partial charge in [-0.1, -0.05) is 6.92 Å². The predicted octanol–water partition coefficient (Wildman–Crippen LogP) is 0.540. The molecular formula is C9H17BrN4O. The zero-order valence-corrected chi connectivity index (χ0v) is 10.6. The standard InChI is InChI=1S/C9H17BrN4O/c1-3-13(2)4-7(15)5-14-6-8(10)9(11)12-14/h6-7,15H,3-5H2,1-2H3,(H2,11,12). The molecule has 0 aliphatic heterocycles. The molecule has 0 amide bonds. The first-order valence-corrected chi connectivity index (χ1v) is 5.67. The summed E-state index contributed by atoms with van der Waals surface area (Å²) in [5.74, 6) is 0.450. The first-order chi connectivity index (χ1) is 7.02. The molecule has 1 atom stereocenters. The van der Waals surface area contributed by atoms with Crippen LogP contribution in [0.15, 0.2) is 10.7 Å². The SMILES string of the molecule is CCN(C)CC(O)Cn1cc(Br)c(N)n1. The Morgan fingerprint density at radius 3 is 2.87 bits per heavy atom. The van der Waals surface area contributed by atoms with Gasteiger partial charge in [0.05, 0.1) is 17.1 Å². The van der Waals surface area contributed by atoms with E-state index in [9.17, 15) is 5.11 Å². The van der Waals surface area contributed by atoms with E-state index in [0.29, 0.717) is 18.9 Å². The van der Waals surface area contributed by atoms with Crippen LogP contribution in [0.5, 0.6) is 0 Å². The fourth-order valence-corrected chi connectivity index (χ4v) is 1.58. The minimum absolute atomic E-state index is 0.429. The smallest absolute Gasteiger partial charge is 0.159 e. The van der Waals surface area contributed by atoms with Crippen LogP contribution in [0.3, 0.4) is 0 Å². The summed E-state index contributed by atoms with van der Waals surface area (Å²) in [6, 6.07) is 0. The van der Waals surface area contributed by atoms with Crippen molar-refractivity contribution in [2.45, 2.75) is 19.6 Å². The maximum absolute atomic E-state index is 9.75. The van der Waals surface area contributed by atoms with E-state index in [1.807, 2.05) is 11.9 Å². The van der Waals surface area contributed by atoms with Crippen LogP contribution < -0.4 is 5.73 Å². The number of aliphatic hydroxyl groups excluding tert-OH is 1. The van der Waals surface area contributed by atoms with Crippen LogP contribution in [0.1, 0.15) is 6.92 Å². The van der Waals surface area contributed by atoms with E-state index < -0.39 is 6.10 Å². The third-order valence-corrected chi connectivity index (χ3v) is 2.81. The van der Waals surface area contributed by atoms with Crippen LogP contribution in [0.2, 0.25) is 0 Å². The van der Waals surface area contributed by atoms with Gasteiger partial charge in [0.15, 0.2) is 5.82 Å². The lowest BCUT2D eigenvalue weighted by Crippen LogP contribution is -2.32. The Morgan fingerprint density at radius 2 is 2.40 bits per heavy atom. The number of nitrogens with two attached hydrogens (primary N) is 1. The van der Waals surface area contributed by atoms with Crippen molar-refractivity contribution in [1.29, 1.82) is 0 Å². The predicted molar refractivity (Wildman–Crippen MR) is 63.5 cm³/mol. The van der Waals surface area contributed by atoms with E-state index in [2.05, 4.69) is 28.0 Å². The average molecular weight is 277 g/mol. The molecule has 0 saturated carbocycles. The Kier molecular flexibility index (Phi) is 4.56. The molecule has 0 aliphatic rings. The van der Waals surface area contributed by atoms with E-state index in [-0.39, 0.29) is 0 Å². The van der Waals surface area contributed by atoms with Crippen molar-refractivity contribution < 1.29 is 5.11 Å². The first kappa shape index (κ1) is 12.5. The molecule has 15 heavy (non-hydrogen) atoms. The molecule has 1 heterocycles. The van der Waals surface area contributed by atoms with Crippen LogP contribution in [0.4, 0.5) is 5.82 Å². The van der Waals surface area contributed by atoms with Crippen LogP contribution in [0.25, 0.3) is 0 Å². The van der Waals surface area contributed by atoms with Gasteiger partial charge in [0, 0.05) is 12.7 Å². The van der Waals surface area contributed by atoms with E-state index in [4.69, 9.17) is 5.73 Å². The van der Waals surface area contributed by atoms with Crippen molar-refractivity contribution in [2.24, 2.45) is 0 Å². The Bertz CT molecular complexity index is 296. The second kappa shape index (κ2) is 5.48. The number of aliphatic hydroxyl groups is 1. The van der Waals surface area contributed by atoms with Crippen molar-refractivity contribution in [1.82, 2.24) is 14.7 Å². The molecule has 0 fully saturated rings. The number of nitrogen functional groups attached to an aromatic ring is 1. The highest BCUT2D eigenvalue weighted by molar-refractivity contribution is 9.10. The number of nitrogens with zero attached hydrogens (tertiary/aromatic N) is 3. The molecule has 3 N–H and O–H groups in total. The minimum atomic E-state index is -0.429. The summed E-state index contributed by atoms with van der Waals surface area (Å²) >= 11 is 3.27. The topological polar surface area (TPSA) is 67.3 Å². The highest BCUT2D eigenvalue weighted by Crippen LogP contribution is 2.16. The summed E-state index contributed by atoms with van der Waals surface area (Å²) in [6.45, 7) is 4.06. The second-order valence-corrected chi connectivity index (χ2v) is 4.45. The zero-order chi connectivity index (χ0) is 11.4. The third-order valence-electron chi connectivity index (χ3n) is 2.20. The van der Waals surface area contributed by atoms with Gasteiger partial charge in [-0.05, 0) is 29.5 Å². The summed E-state index contributed by atoms with van der Waals surface area (Å²) in [5.41, 5.74) is 5.57. The maximum Gasteiger partial charge on any atom is 0.159 e. The maximum atomic E-state index is 9.75. The van der Waals surface area contributed by atoms with Crippen molar-refractivity contribution >= 4 is 21.7 Å². The van der Waals surface area contributed by atoms with Crippen molar-refractivity contribution in [3.8, 4) is 0 Å². The summed E-state index contributed by atoms with van der Waals surface area (Å²) in [6.07, 6.45) is 1.34. The lowest BCUT2D eigenvalue weighted by molar-refractivity contribution is 0.108. The average Bonchev–Trinajstić information content (AvgIpc) is 2.45. The number of rotatable bonds is 5. The zero-order valence-electron chi connectivity index (χ0n) is 9.02. The van der Waals surface area contributed by atoms with Crippen molar-refractivity contribution in [3.63, 3.8) is 0 Å². The molecule has 0 saturated heterocycles. The van der Waals surface area contributed by atoms with Gasteiger partial charge >= 0.3 is 0 Å². The molecule has 0 aliphatic carbocycles. The molecule has 0 aromatic carbocycles. The minimum Gasteiger partial charge on any atom is -0.390 e. The first-order valence-electron chi connectivity index (χ1n) is 4.88. The van der Waals surface area contributed by atoms with Gasteiger partial charge in [-0.15, -0.1) is 0 Å². The third kappa shape index (κ3) is 3.81. The Balaban J connectivity index is 2.47. The second-order valence-electron chi connectivity index (χ2n) is 3.59. The number of likely N-dealkylation sites (N-methyl/N-ethyl adjacent to an activating group) is 1. The van der Waals surface area contributed by atoms with Crippen LogP contribution in [-0.4, -0.2) is 46.0 Å². The van der Waals surface area contributed by atoms with E-state index in [1.165, 1.54) is 0 Å². The number of halogens is 1. The fourth-order valence-electron chi connectivity index (χ4n) is 1.27. The van der Waals surface area contributed by atoms with E-state index in [1.54, 1.807) is 10.9 Å². The normalized spacial score (nSPS) is 13.4. The molecule has 1 rings (SSSR count). The number of anilines is 1. The van der Waals surface area contributed by atoms with Gasteiger partial charge in [-0.25, -0.2) is 0 Å². The summed E-state index contributed by atoms with van der Waals surface area (Å²) in [7, 11) is 1.97. The highest BCUT2D eigenvalue weighted by Gasteiger charge is 2.10. The molecule has 1 aromatic rings. The number of hydrogen-bond acceptors (Lipinski definition) is 4. The molecule has 1 aromatic heterocycles. The van der Waals surface area contributed by atoms with Crippen LogP contribution in [-0.2, 0) is 6.54 Å². The van der Waals surface area contributed by atoms with Gasteiger partial charge < -0.3 is 15.7 Å². The Morgan fingerprint density at radius 1 is 1.73 bits per heavy atom. The van der Waals surface area contributed by atoms with Gasteiger partial charge in [-0.2, -0.15) is 5.10 Å². The Labute approximate surface area is 98.0 Å². The largest absolute Gasteiger partial charge is 0.390 e. The van der Waals surface area contributed by atoms with Crippen LogP contribution >= 0.6 is 15.9 Å². The summed E-state index contributed by atoms with van der Waals surface area (Å²) in [4.78, 5) is 2.05. The molecule has 0 bridgehead atoms.